The van der Waals surface area contributed by atoms with E-state index in [1.807, 2.05) is 0 Å². The van der Waals surface area contributed by atoms with Gasteiger partial charge in [0.05, 0.1) is 11.3 Å². The summed E-state index contributed by atoms with van der Waals surface area (Å²) in [6.07, 6.45) is -4.06. The van der Waals surface area contributed by atoms with Crippen LogP contribution in [0.25, 0.3) is 0 Å². The maximum atomic E-state index is 12.6. The molecule has 2 aromatic carbocycles. The van der Waals surface area contributed by atoms with E-state index in [4.69, 9.17) is 0 Å². The molecule has 24 heavy (non-hydrogen) atoms. The maximum Gasteiger partial charge on any atom is 0.416 e. The number of carbonyl (C=O) groups excluding carboxylic acids is 1. The number of amides is 2. The van der Waals surface area contributed by atoms with Crippen LogP contribution in [-0.2, 0) is 12.6 Å². The number of benzene rings is 2. The van der Waals surface area contributed by atoms with Crippen LogP contribution in [0.3, 0.4) is 0 Å². The molecule has 0 aliphatic carbocycles. The van der Waals surface area contributed by atoms with Gasteiger partial charge in [-0.05, 0) is 52.2 Å². The van der Waals surface area contributed by atoms with Crippen molar-refractivity contribution in [3.63, 3.8) is 0 Å². The molecule has 0 unspecified atom stereocenters. The van der Waals surface area contributed by atoms with Gasteiger partial charge in [0.15, 0.2) is 0 Å². The first-order chi connectivity index (χ1) is 11.3. The van der Waals surface area contributed by atoms with E-state index in [2.05, 4.69) is 42.5 Å². The zero-order chi connectivity index (χ0) is 17.7. The van der Waals surface area contributed by atoms with Gasteiger partial charge in [0.25, 0.3) is 0 Å². The Labute approximate surface area is 153 Å². The largest absolute Gasteiger partial charge is 0.416 e. The monoisotopic (exact) mass is 464 g/mol. The Morgan fingerprint density at radius 1 is 1.08 bits per heavy atom. The number of nitrogens with one attached hydrogen (secondary N) is 2. The van der Waals surface area contributed by atoms with Crippen LogP contribution in [0.15, 0.2) is 51.4 Å². The Hall–Kier alpha value is -1.54. The van der Waals surface area contributed by atoms with Crippen molar-refractivity contribution >= 4 is 43.6 Å². The van der Waals surface area contributed by atoms with Crippen molar-refractivity contribution < 1.29 is 18.0 Å². The van der Waals surface area contributed by atoms with E-state index in [1.165, 1.54) is 6.07 Å². The molecule has 0 aromatic heterocycles. The van der Waals surface area contributed by atoms with Gasteiger partial charge in [-0.1, -0.05) is 34.1 Å². The summed E-state index contributed by atoms with van der Waals surface area (Å²) >= 11 is 6.64. The van der Waals surface area contributed by atoms with Crippen LogP contribution in [0.5, 0.6) is 0 Å². The van der Waals surface area contributed by atoms with E-state index in [-0.39, 0.29) is 6.54 Å². The van der Waals surface area contributed by atoms with E-state index in [1.54, 1.807) is 24.3 Å². The standard InChI is InChI=1S/C16H13Br2F3N2O/c17-12-4-5-14(13(18)9-12)23-15(24)22-7-6-10-2-1-3-11(8-10)16(19,20)21/h1-5,8-9H,6-7H2,(H2,22,23,24). The van der Waals surface area contributed by atoms with Gasteiger partial charge >= 0.3 is 12.2 Å². The molecule has 0 radical (unpaired) electrons. The first-order valence-corrected chi connectivity index (χ1v) is 8.50. The molecule has 0 bridgehead atoms. The molecule has 8 heteroatoms. The third kappa shape index (κ3) is 5.52. The molecule has 2 aromatic rings. The Morgan fingerprint density at radius 2 is 1.83 bits per heavy atom. The minimum atomic E-state index is -4.37. The molecule has 0 atom stereocenters. The molecule has 0 aliphatic rings. The zero-order valence-electron chi connectivity index (χ0n) is 12.3. The lowest BCUT2D eigenvalue weighted by Gasteiger charge is -2.11. The number of anilines is 1. The summed E-state index contributed by atoms with van der Waals surface area (Å²) in [6.45, 7) is 0.224. The molecule has 0 aliphatic heterocycles. The fourth-order valence-corrected chi connectivity index (χ4v) is 3.13. The predicted molar refractivity (Wildman–Crippen MR) is 94.0 cm³/mol. The summed E-state index contributed by atoms with van der Waals surface area (Å²) in [7, 11) is 0. The van der Waals surface area contributed by atoms with Gasteiger partial charge in [-0.25, -0.2) is 4.79 Å². The van der Waals surface area contributed by atoms with E-state index >= 15 is 0 Å². The summed E-state index contributed by atoms with van der Waals surface area (Å²) in [5, 5.41) is 5.28. The molecule has 0 heterocycles. The number of rotatable bonds is 4. The van der Waals surface area contributed by atoms with E-state index < -0.39 is 17.8 Å². The second-order valence-corrected chi connectivity index (χ2v) is 6.72. The average Bonchev–Trinajstić information content (AvgIpc) is 2.50. The number of halogens is 5. The third-order valence-electron chi connectivity index (χ3n) is 3.13. The zero-order valence-corrected chi connectivity index (χ0v) is 15.4. The molecule has 3 nitrogen and oxygen atoms in total. The predicted octanol–water partition coefficient (Wildman–Crippen LogP) is 5.59. The second-order valence-electron chi connectivity index (χ2n) is 4.95. The minimum Gasteiger partial charge on any atom is -0.338 e. The molecule has 0 spiro atoms. The van der Waals surface area contributed by atoms with Crippen LogP contribution in [0.2, 0.25) is 0 Å². The summed E-state index contributed by atoms with van der Waals surface area (Å²) in [5.41, 5.74) is 0.410. The highest BCUT2D eigenvalue weighted by Crippen LogP contribution is 2.29. The Bertz CT molecular complexity index is 736. The quantitative estimate of drug-likeness (QED) is 0.606. The van der Waals surface area contributed by atoms with Crippen LogP contribution >= 0.6 is 31.9 Å². The molecule has 0 fully saturated rings. The molecule has 2 N–H and O–H groups in total. The lowest BCUT2D eigenvalue weighted by molar-refractivity contribution is -0.137. The van der Waals surface area contributed by atoms with Gasteiger partial charge in [-0.3, -0.25) is 0 Å². The number of carbonyl (C=O) groups is 1. The SMILES string of the molecule is O=C(NCCc1cccc(C(F)(F)F)c1)Nc1ccc(Br)cc1Br. The third-order valence-corrected chi connectivity index (χ3v) is 4.28. The summed E-state index contributed by atoms with van der Waals surface area (Å²) in [6, 6.07) is 9.93. The highest BCUT2D eigenvalue weighted by atomic mass is 79.9. The molecule has 2 amide bonds. The van der Waals surface area contributed by atoms with E-state index in [0.29, 0.717) is 22.1 Å². The molecular weight excluding hydrogens is 453 g/mol. The summed E-state index contributed by atoms with van der Waals surface area (Å²) < 4.78 is 39.5. The van der Waals surface area contributed by atoms with Gasteiger partial charge < -0.3 is 10.6 Å². The van der Waals surface area contributed by atoms with Crippen molar-refractivity contribution in [1.29, 1.82) is 0 Å². The summed E-state index contributed by atoms with van der Waals surface area (Å²) in [5.74, 6) is 0. The number of urea groups is 1. The smallest absolute Gasteiger partial charge is 0.338 e. The van der Waals surface area contributed by atoms with Gasteiger partial charge in [0.2, 0.25) is 0 Å². The molecule has 0 saturated heterocycles. The highest BCUT2D eigenvalue weighted by molar-refractivity contribution is 9.11. The van der Waals surface area contributed by atoms with Gasteiger partial charge in [0.1, 0.15) is 0 Å². The van der Waals surface area contributed by atoms with Crippen molar-refractivity contribution in [3.05, 3.63) is 62.5 Å². The van der Waals surface area contributed by atoms with Crippen molar-refractivity contribution in [3.8, 4) is 0 Å². The highest BCUT2D eigenvalue weighted by Gasteiger charge is 2.30. The maximum absolute atomic E-state index is 12.6. The molecule has 2 rings (SSSR count). The minimum absolute atomic E-state index is 0.224. The summed E-state index contributed by atoms with van der Waals surface area (Å²) in [4.78, 5) is 11.8. The fourth-order valence-electron chi connectivity index (χ4n) is 1.98. The molecule has 0 saturated carbocycles. The van der Waals surface area contributed by atoms with Crippen molar-refractivity contribution in [2.24, 2.45) is 0 Å². The van der Waals surface area contributed by atoms with Gasteiger partial charge in [0, 0.05) is 15.5 Å². The Balaban J connectivity index is 1.87. The van der Waals surface area contributed by atoms with E-state index in [9.17, 15) is 18.0 Å². The van der Waals surface area contributed by atoms with Gasteiger partial charge in [-0.2, -0.15) is 13.2 Å². The molecule has 128 valence electrons. The number of hydrogen-bond acceptors (Lipinski definition) is 1. The fraction of sp³-hybridized carbons (Fsp3) is 0.188. The lowest BCUT2D eigenvalue weighted by atomic mass is 10.1. The number of hydrogen-bond donors (Lipinski definition) is 2. The Kier molecular flexibility index (Phi) is 6.28. The topological polar surface area (TPSA) is 41.1 Å². The first kappa shape index (κ1) is 18.8. The van der Waals surface area contributed by atoms with Crippen molar-refractivity contribution in [2.75, 3.05) is 11.9 Å². The van der Waals surface area contributed by atoms with Crippen LogP contribution in [0.4, 0.5) is 23.7 Å². The number of alkyl halides is 3. The van der Waals surface area contributed by atoms with Crippen LogP contribution in [0, 0.1) is 0 Å². The molecular formula is C16H13Br2F3N2O. The average molecular weight is 466 g/mol. The van der Waals surface area contributed by atoms with E-state index in [0.717, 1.165) is 16.6 Å². The first-order valence-electron chi connectivity index (χ1n) is 6.92. The lowest BCUT2D eigenvalue weighted by Crippen LogP contribution is -2.30. The Morgan fingerprint density at radius 3 is 2.50 bits per heavy atom. The van der Waals surface area contributed by atoms with Gasteiger partial charge in [-0.15, -0.1) is 0 Å². The normalized spacial score (nSPS) is 11.2. The second kappa shape index (κ2) is 8.02. The van der Waals surface area contributed by atoms with Crippen LogP contribution in [0.1, 0.15) is 11.1 Å². The van der Waals surface area contributed by atoms with Crippen LogP contribution in [-0.4, -0.2) is 12.6 Å². The van der Waals surface area contributed by atoms with Crippen LogP contribution < -0.4 is 10.6 Å². The van der Waals surface area contributed by atoms with Crippen molar-refractivity contribution in [2.45, 2.75) is 12.6 Å². The van der Waals surface area contributed by atoms with Crippen molar-refractivity contribution in [1.82, 2.24) is 5.32 Å².